The van der Waals surface area contributed by atoms with Gasteiger partial charge in [0.15, 0.2) is 0 Å². The molecular weight excluding hydrogens is 126 g/mol. The standard InChI is InChI=1S/C5H8F2N2/c6-5(7)4-9-3-1-2-8/h5,9H,1,3-4H2. The van der Waals surface area contributed by atoms with Gasteiger partial charge in [0, 0.05) is 13.0 Å². The number of hydrogen-bond donors (Lipinski definition) is 1. The summed E-state index contributed by atoms with van der Waals surface area (Å²) in [5.41, 5.74) is 0. The lowest BCUT2D eigenvalue weighted by Crippen LogP contribution is -2.21. The molecule has 4 heteroatoms. The number of nitriles is 1. The first-order chi connectivity index (χ1) is 4.27. The van der Waals surface area contributed by atoms with Crippen LogP contribution in [0.15, 0.2) is 0 Å². The fraction of sp³-hybridized carbons (Fsp3) is 0.800. The first-order valence-electron chi connectivity index (χ1n) is 2.63. The molecule has 1 N–H and O–H groups in total. The van der Waals surface area contributed by atoms with Crippen LogP contribution in [0.4, 0.5) is 8.78 Å². The monoisotopic (exact) mass is 134 g/mol. The van der Waals surface area contributed by atoms with Crippen LogP contribution in [0.5, 0.6) is 0 Å². The minimum atomic E-state index is -2.32. The van der Waals surface area contributed by atoms with Gasteiger partial charge >= 0.3 is 0 Å². The molecule has 0 fully saturated rings. The summed E-state index contributed by atoms with van der Waals surface area (Å²) in [6, 6.07) is 1.83. The van der Waals surface area contributed by atoms with Gasteiger partial charge in [-0.25, -0.2) is 8.78 Å². The third kappa shape index (κ3) is 7.31. The molecule has 0 unspecified atom stereocenters. The van der Waals surface area contributed by atoms with Crippen molar-refractivity contribution in [2.24, 2.45) is 0 Å². The fourth-order valence-electron chi connectivity index (χ4n) is 0.355. The van der Waals surface area contributed by atoms with Crippen LogP contribution in [0.2, 0.25) is 0 Å². The molecule has 2 nitrogen and oxygen atoms in total. The van der Waals surface area contributed by atoms with E-state index >= 15 is 0 Å². The second kappa shape index (κ2) is 5.45. The van der Waals surface area contributed by atoms with E-state index in [1.165, 1.54) is 0 Å². The molecule has 0 spiro atoms. The van der Waals surface area contributed by atoms with Gasteiger partial charge in [-0.05, 0) is 0 Å². The molecule has 9 heavy (non-hydrogen) atoms. The van der Waals surface area contributed by atoms with Crippen molar-refractivity contribution < 1.29 is 8.78 Å². The van der Waals surface area contributed by atoms with E-state index in [1.807, 2.05) is 6.07 Å². The van der Waals surface area contributed by atoms with Crippen molar-refractivity contribution in [1.82, 2.24) is 5.32 Å². The van der Waals surface area contributed by atoms with Crippen LogP contribution in [0.3, 0.4) is 0 Å². The smallest absolute Gasteiger partial charge is 0.250 e. The van der Waals surface area contributed by atoms with Gasteiger partial charge < -0.3 is 5.32 Å². The van der Waals surface area contributed by atoms with E-state index in [-0.39, 0.29) is 13.0 Å². The summed E-state index contributed by atoms with van der Waals surface area (Å²) in [7, 11) is 0. The largest absolute Gasteiger partial charge is 0.310 e. The summed E-state index contributed by atoms with van der Waals surface area (Å²) in [5.74, 6) is 0. The van der Waals surface area contributed by atoms with Gasteiger partial charge in [0.1, 0.15) is 0 Å². The second-order valence-electron chi connectivity index (χ2n) is 1.50. The Morgan fingerprint density at radius 3 is 2.67 bits per heavy atom. The number of nitrogens with zero attached hydrogens (tertiary/aromatic N) is 1. The molecule has 0 aliphatic heterocycles. The molecule has 0 saturated heterocycles. The van der Waals surface area contributed by atoms with Gasteiger partial charge in [0.2, 0.25) is 0 Å². The fourth-order valence-corrected chi connectivity index (χ4v) is 0.355. The van der Waals surface area contributed by atoms with Crippen LogP contribution in [0, 0.1) is 11.3 Å². The predicted octanol–water partition coefficient (Wildman–Crippen LogP) is 0.755. The summed E-state index contributed by atoms with van der Waals surface area (Å²) in [4.78, 5) is 0. The van der Waals surface area contributed by atoms with E-state index in [9.17, 15) is 8.78 Å². The molecule has 0 heterocycles. The number of rotatable bonds is 4. The number of alkyl halides is 2. The van der Waals surface area contributed by atoms with E-state index in [0.29, 0.717) is 6.54 Å². The highest BCUT2D eigenvalue weighted by atomic mass is 19.3. The molecular formula is C5H8F2N2. The minimum Gasteiger partial charge on any atom is -0.310 e. The molecule has 0 rings (SSSR count). The summed E-state index contributed by atoms with van der Waals surface area (Å²) < 4.78 is 22.6. The zero-order chi connectivity index (χ0) is 7.11. The van der Waals surface area contributed by atoms with Crippen molar-refractivity contribution in [3.05, 3.63) is 0 Å². The third-order valence-electron chi connectivity index (χ3n) is 0.712. The maximum atomic E-state index is 11.3. The van der Waals surface area contributed by atoms with E-state index in [0.717, 1.165) is 0 Å². The molecule has 0 aromatic carbocycles. The van der Waals surface area contributed by atoms with Crippen molar-refractivity contribution in [3.8, 4) is 6.07 Å². The average Bonchev–Trinajstić information content (AvgIpc) is 1.80. The molecule has 0 amide bonds. The van der Waals surface area contributed by atoms with Crippen molar-refractivity contribution in [2.75, 3.05) is 13.1 Å². The van der Waals surface area contributed by atoms with Crippen LogP contribution in [0.25, 0.3) is 0 Å². The van der Waals surface area contributed by atoms with Gasteiger partial charge in [-0.1, -0.05) is 0 Å². The topological polar surface area (TPSA) is 35.8 Å². The van der Waals surface area contributed by atoms with Gasteiger partial charge in [0.05, 0.1) is 12.6 Å². The maximum absolute atomic E-state index is 11.3. The Bertz CT molecular complexity index is 97.6. The molecule has 0 aromatic rings. The quantitative estimate of drug-likeness (QED) is 0.576. The van der Waals surface area contributed by atoms with Gasteiger partial charge in [0.25, 0.3) is 6.43 Å². The van der Waals surface area contributed by atoms with Crippen molar-refractivity contribution in [3.63, 3.8) is 0 Å². The van der Waals surface area contributed by atoms with Crippen LogP contribution in [0.1, 0.15) is 6.42 Å². The molecule has 0 saturated carbocycles. The number of halogens is 2. The number of hydrogen-bond acceptors (Lipinski definition) is 2. The Hall–Kier alpha value is -0.690. The summed E-state index contributed by atoms with van der Waals surface area (Å²) in [5, 5.41) is 10.4. The van der Waals surface area contributed by atoms with Gasteiger partial charge in [-0.15, -0.1) is 0 Å². The predicted molar refractivity (Wildman–Crippen MR) is 29.1 cm³/mol. The van der Waals surface area contributed by atoms with E-state index in [1.54, 1.807) is 0 Å². The maximum Gasteiger partial charge on any atom is 0.250 e. The van der Waals surface area contributed by atoms with E-state index in [4.69, 9.17) is 5.26 Å². The van der Waals surface area contributed by atoms with Crippen LogP contribution < -0.4 is 5.32 Å². The Morgan fingerprint density at radius 2 is 2.22 bits per heavy atom. The zero-order valence-electron chi connectivity index (χ0n) is 4.90. The highest BCUT2D eigenvalue weighted by Gasteiger charge is 1.98. The first kappa shape index (κ1) is 8.31. The molecule has 0 bridgehead atoms. The Kier molecular flexibility index (Phi) is 5.03. The SMILES string of the molecule is N#CCCNCC(F)F. The normalized spacial score (nSPS) is 9.56. The zero-order valence-corrected chi connectivity index (χ0v) is 4.90. The first-order valence-corrected chi connectivity index (χ1v) is 2.63. The Morgan fingerprint density at radius 1 is 1.56 bits per heavy atom. The summed E-state index contributed by atoms with van der Waals surface area (Å²) >= 11 is 0. The van der Waals surface area contributed by atoms with Crippen LogP contribution in [-0.4, -0.2) is 19.5 Å². The van der Waals surface area contributed by atoms with Crippen LogP contribution >= 0.6 is 0 Å². The van der Waals surface area contributed by atoms with Crippen molar-refractivity contribution in [2.45, 2.75) is 12.8 Å². The minimum absolute atomic E-state index is 0.284. The van der Waals surface area contributed by atoms with E-state index < -0.39 is 6.43 Å². The lowest BCUT2D eigenvalue weighted by Gasteiger charge is -1.97. The Labute approximate surface area is 52.5 Å². The van der Waals surface area contributed by atoms with Crippen molar-refractivity contribution in [1.29, 1.82) is 5.26 Å². The van der Waals surface area contributed by atoms with Gasteiger partial charge in [-0.3, -0.25) is 0 Å². The molecule has 52 valence electrons. The molecule has 0 aliphatic rings. The number of nitrogens with one attached hydrogen (secondary N) is 1. The molecule has 0 aromatic heterocycles. The summed E-state index contributed by atoms with van der Waals surface area (Å²) in [6.07, 6.45) is -2.03. The molecule has 0 atom stereocenters. The van der Waals surface area contributed by atoms with Crippen LogP contribution in [-0.2, 0) is 0 Å². The highest BCUT2D eigenvalue weighted by molar-refractivity contribution is 4.69. The lowest BCUT2D eigenvalue weighted by atomic mass is 10.4. The highest BCUT2D eigenvalue weighted by Crippen LogP contribution is 1.86. The van der Waals surface area contributed by atoms with E-state index in [2.05, 4.69) is 5.32 Å². The summed E-state index contributed by atoms with van der Waals surface area (Å²) in [6.45, 7) is 0.0303. The third-order valence-corrected chi connectivity index (χ3v) is 0.712. The average molecular weight is 134 g/mol. The Balaban J connectivity index is 2.85. The second-order valence-corrected chi connectivity index (χ2v) is 1.50. The lowest BCUT2D eigenvalue weighted by molar-refractivity contribution is 0.146. The van der Waals surface area contributed by atoms with Crippen molar-refractivity contribution >= 4 is 0 Å². The molecule has 0 aliphatic carbocycles. The molecule has 0 radical (unpaired) electrons. The van der Waals surface area contributed by atoms with Gasteiger partial charge in [-0.2, -0.15) is 5.26 Å².